The summed E-state index contributed by atoms with van der Waals surface area (Å²) in [5.41, 5.74) is 1.14. The molecule has 1 aliphatic carbocycles. The van der Waals surface area contributed by atoms with Crippen LogP contribution < -0.4 is 16.0 Å². The first kappa shape index (κ1) is 31.0. The maximum atomic E-state index is 14.2. The minimum Gasteiger partial charge on any atom is -0.381 e. The molecule has 2 amide bonds. The average Bonchev–Trinajstić information content (AvgIpc) is 3.61. The normalized spacial score (nSPS) is 17.5. The molecule has 0 radical (unpaired) electrons. The van der Waals surface area contributed by atoms with Crippen LogP contribution in [0.1, 0.15) is 46.6 Å². The minimum atomic E-state index is -4.60. The molecule has 6 rings (SSSR count). The van der Waals surface area contributed by atoms with Crippen LogP contribution in [0.4, 0.5) is 24.5 Å². The molecule has 3 N–H and O–H groups in total. The number of fused-ring (bicyclic) bond motifs is 3. The Hall–Kier alpha value is -4.99. The first-order valence-corrected chi connectivity index (χ1v) is 14.9. The second-order valence-electron chi connectivity index (χ2n) is 11.4. The first-order chi connectivity index (χ1) is 22.1. The van der Waals surface area contributed by atoms with Gasteiger partial charge in [0, 0.05) is 50.0 Å². The third-order valence-electron chi connectivity index (χ3n) is 8.37. The molecule has 1 aliphatic heterocycles. The van der Waals surface area contributed by atoms with Gasteiger partial charge in [-0.2, -0.15) is 18.4 Å². The first-order valence-electron chi connectivity index (χ1n) is 14.9. The molecule has 2 heterocycles. The van der Waals surface area contributed by atoms with E-state index in [9.17, 15) is 28.0 Å². The average molecular weight is 629 g/mol. The number of ether oxygens (including phenoxy) is 1. The molecule has 0 unspecified atom stereocenters. The number of rotatable bonds is 9. The van der Waals surface area contributed by atoms with E-state index in [-0.39, 0.29) is 39.7 Å². The van der Waals surface area contributed by atoms with Gasteiger partial charge in [-0.15, -0.1) is 0 Å². The summed E-state index contributed by atoms with van der Waals surface area (Å²) in [5, 5.41) is 18.3. The summed E-state index contributed by atoms with van der Waals surface area (Å²) in [4.78, 5) is 30.1. The number of nitrogens with zero attached hydrogens (tertiary/aromatic N) is 3. The van der Waals surface area contributed by atoms with Crippen molar-refractivity contribution >= 4 is 34.2 Å². The van der Waals surface area contributed by atoms with Gasteiger partial charge in [0.2, 0.25) is 5.91 Å². The quantitative estimate of drug-likeness (QED) is 0.194. The van der Waals surface area contributed by atoms with Gasteiger partial charge in [-0.25, -0.2) is 4.98 Å². The molecular formula is C34H31F3N6O3. The second kappa shape index (κ2) is 12.8. The molecule has 0 atom stereocenters. The summed E-state index contributed by atoms with van der Waals surface area (Å²) >= 11 is 0. The fourth-order valence-electron chi connectivity index (χ4n) is 5.88. The number of amides is 2. The standard InChI is InChI=1S/C34H31F3N6O3/c1-46-25-15-24(16-25)39-11-3-8-32(44)42-28-10-9-21(13-22(28)19-38)33(45)40-23-6-2-5-20(14-23)26-17-29-30(18-27(26)34(35,36)37)43-12-4-7-31(43)41-29/h2-3,5-6,8-10,13-14,17-18,24-25,39H,4,7,11-12,15-16H2,1H3,(H,40,45)(H,42,44)/b8-3+/t24-,25-. The summed E-state index contributed by atoms with van der Waals surface area (Å²) in [7, 11) is 1.69. The fourth-order valence-corrected chi connectivity index (χ4v) is 5.88. The lowest BCUT2D eigenvalue weighted by molar-refractivity contribution is -0.137. The van der Waals surface area contributed by atoms with Gasteiger partial charge in [0.1, 0.15) is 11.9 Å². The van der Waals surface area contributed by atoms with Crippen molar-refractivity contribution in [3.05, 3.63) is 89.3 Å². The van der Waals surface area contributed by atoms with Crippen LogP contribution in [0.3, 0.4) is 0 Å². The molecule has 46 heavy (non-hydrogen) atoms. The summed E-state index contributed by atoms with van der Waals surface area (Å²) in [6.45, 7) is 1.15. The number of nitriles is 1. The van der Waals surface area contributed by atoms with Crippen molar-refractivity contribution < 1.29 is 27.5 Å². The Bertz CT molecular complexity index is 1890. The van der Waals surface area contributed by atoms with E-state index < -0.39 is 23.6 Å². The third-order valence-corrected chi connectivity index (χ3v) is 8.37. The predicted octanol–water partition coefficient (Wildman–Crippen LogP) is 6.05. The highest BCUT2D eigenvalue weighted by Gasteiger charge is 2.35. The molecule has 9 nitrogen and oxygen atoms in total. The van der Waals surface area contributed by atoms with Gasteiger partial charge < -0.3 is 25.3 Å². The Kier molecular flexibility index (Phi) is 8.62. The van der Waals surface area contributed by atoms with Gasteiger partial charge in [0.25, 0.3) is 5.91 Å². The van der Waals surface area contributed by atoms with E-state index in [4.69, 9.17) is 4.74 Å². The summed E-state index contributed by atoms with van der Waals surface area (Å²) < 4.78 is 49.7. The van der Waals surface area contributed by atoms with Crippen molar-refractivity contribution in [2.24, 2.45) is 0 Å². The highest BCUT2D eigenvalue weighted by Crippen LogP contribution is 2.41. The van der Waals surface area contributed by atoms with Crippen LogP contribution >= 0.6 is 0 Å². The zero-order valence-corrected chi connectivity index (χ0v) is 24.9. The van der Waals surface area contributed by atoms with E-state index in [1.807, 2.05) is 10.6 Å². The van der Waals surface area contributed by atoms with E-state index in [1.165, 1.54) is 36.4 Å². The van der Waals surface area contributed by atoms with Crippen LogP contribution in [-0.2, 0) is 28.7 Å². The van der Waals surface area contributed by atoms with Crippen LogP contribution in [0.25, 0.3) is 22.2 Å². The number of halogens is 3. The molecule has 4 aromatic rings. The Morgan fingerprint density at radius 1 is 1.13 bits per heavy atom. The van der Waals surface area contributed by atoms with Crippen molar-refractivity contribution in [2.75, 3.05) is 24.3 Å². The van der Waals surface area contributed by atoms with Crippen LogP contribution in [-0.4, -0.2) is 47.2 Å². The number of carbonyl (C=O) groups excluding carboxylic acids is 2. The number of carbonyl (C=O) groups is 2. The van der Waals surface area contributed by atoms with Gasteiger partial charge in [-0.3, -0.25) is 9.59 Å². The molecule has 2 aliphatic rings. The van der Waals surface area contributed by atoms with Gasteiger partial charge in [-0.1, -0.05) is 18.2 Å². The molecule has 236 valence electrons. The maximum Gasteiger partial charge on any atom is 0.417 e. The third kappa shape index (κ3) is 6.51. The number of hydrogen-bond donors (Lipinski definition) is 3. The van der Waals surface area contributed by atoms with Gasteiger partial charge in [-0.05, 0) is 72.9 Å². The van der Waals surface area contributed by atoms with Crippen molar-refractivity contribution in [1.82, 2.24) is 14.9 Å². The van der Waals surface area contributed by atoms with Gasteiger partial charge in [0.15, 0.2) is 0 Å². The molecule has 12 heteroatoms. The number of benzene rings is 3. The number of hydrogen-bond acceptors (Lipinski definition) is 6. The van der Waals surface area contributed by atoms with E-state index in [1.54, 1.807) is 31.4 Å². The Balaban J connectivity index is 1.14. The van der Waals surface area contributed by atoms with Crippen molar-refractivity contribution in [3.63, 3.8) is 0 Å². The number of imidazole rings is 1. The SMILES string of the molecule is CO[C@H]1C[C@H](NC/C=C/C(=O)Nc2ccc(C(=O)Nc3cccc(-c4cc5nc6n(c5cc4C(F)(F)F)CCC6)c3)cc2C#N)C1. The highest BCUT2D eigenvalue weighted by molar-refractivity contribution is 6.06. The smallest absolute Gasteiger partial charge is 0.381 e. The van der Waals surface area contributed by atoms with Gasteiger partial charge in [0.05, 0.1) is 34.0 Å². The molecule has 0 saturated heterocycles. The number of anilines is 2. The molecule has 3 aromatic carbocycles. The lowest BCUT2D eigenvalue weighted by Gasteiger charge is -2.34. The highest BCUT2D eigenvalue weighted by atomic mass is 19.4. The topological polar surface area (TPSA) is 121 Å². The van der Waals surface area contributed by atoms with E-state index in [0.717, 1.165) is 37.6 Å². The number of aromatic nitrogens is 2. The monoisotopic (exact) mass is 628 g/mol. The minimum absolute atomic E-state index is 0.0349. The summed E-state index contributed by atoms with van der Waals surface area (Å²) in [6.07, 6.45) is 2.16. The molecule has 1 aromatic heterocycles. The molecular weight excluding hydrogens is 597 g/mol. The maximum absolute atomic E-state index is 14.2. The second-order valence-corrected chi connectivity index (χ2v) is 11.4. The van der Waals surface area contributed by atoms with Crippen LogP contribution in [0.5, 0.6) is 0 Å². The lowest BCUT2D eigenvalue weighted by Crippen LogP contribution is -2.45. The van der Waals surface area contributed by atoms with Crippen LogP contribution in [0.15, 0.2) is 66.7 Å². The lowest BCUT2D eigenvalue weighted by atomic mass is 9.89. The summed E-state index contributed by atoms with van der Waals surface area (Å²) in [5.74, 6) is -0.216. The number of alkyl halides is 3. The van der Waals surface area contributed by atoms with E-state index in [2.05, 4.69) is 20.9 Å². The predicted molar refractivity (Wildman–Crippen MR) is 167 cm³/mol. The van der Waals surface area contributed by atoms with E-state index in [0.29, 0.717) is 30.2 Å². The zero-order valence-electron chi connectivity index (χ0n) is 24.9. The molecule has 1 fully saturated rings. The van der Waals surface area contributed by atoms with Crippen LogP contribution in [0, 0.1) is 11.3 Å². The number of aryl methyl sites for hydroxylation is 2. The van der Waals surface area contributed by atoms with Crippen molar-refractivity contribution in [3.8, 4) is 17.2 Å². The number of methoxy groups -OCH3 is 1. The molecule has 0 bridgehead atoms. The molecule has 0 spiro atoms. The largest absolute Gasteiger partial charge is 0.417 e. The zero-order chi connectivity index (χ0) is 32.4. The summed E-state index contributed by atoms with van der Waals surface area (Å²) in [6, 6.07) is 15.4. The fraction of sp³-hybridized carbons (Fsp3) is 0.294. The van der Waals surface area contributed by atoms with E-state index >= 15 is 0 Å². The Morgan fingerprint density at radius 2 is 1.96 bits per heavy atom. The van der Waals surface area contributed by atoms with Crippen LogP contribution in [0.2, 0.25) is 0 Å². The Labute approximate surface area is 263 Å². The van der Waals surface area contributed by atoms with Crippen molar-refractivity contribution in [1.29, 1.82) is 5.26 Å². The number of nitrogens with one attached hydrogen (secondary N) is 3. The van der Waals surface area contributed by atoms with Gasteiger partial charge >= 0.3 is 6.18 Å². The Morgan fingerprint density at radius 3 is 2.72 bits per heavy atom. The molecule has 1 saturated carbocycles. The van der Waals surface area contributed by atoms with Crippen molar-refractivity contribution in [2.45, 2.75) is 50.6 Å².